The van der Waals surface area contributed by atoms with Crippen molar-refractivity contribution in [2.45, 2.75) is 33.0 Å². The smallest absolute Gasteiger partial charge is 0.269 e. The number of rotatable bonds is 6. The van der Waals surface area contributed by atoms with Gasteiger partial charge in [-0.1, -0.05) is 0 Å². The number of nitro benzene ring substituents is 1. The standard InChI is InChI=1S/C16H21N5O3Si/c1-12-11-16-19(17-12)15(18-20(16)25(2,3)4)9-10-24-14-7-5-13(6-8-14)21(22)23/h5-8,11H,9-10H2,1-4H3. The van der Waals surface area contributed by atoms with Crippen molar-refractivity contribution in [2.75, 3.05) is 6.61 Å². The van der Waals surface area contributed by atoms with Gasteiger partial charge in [0.2, 0.25) is 0 Å². The lowest BCUT2D eigenvalue weighted by atomic mass is 10.3. The number of nitro groups is 1. The van der Waals surface area contributed by atoms with Gasteiger partial charge >= 0.3 is 0 Å². The van der Waals surface area contributed by atoms with Crippen LogP contribution in [0.3, 0.4) is 0 Å². The minimum absolute atomic E-state index is 0.0509. The van der Waals surface area contributed by atoms with E-state index in [0.717, 1.165) is 17.2 Å². The SMILES string of the molecule is Cc1cc2n([Si](C)(C)C)nc(CCOc3ccc([N+](=O)[O-])cc3)n2n1. The highest BCUT2D eigenvalue weighted by molar-refractivity contribution is 6.74. The topological polar surface area (TPSA) is 87.5 Å². The van der Waals surface area contributed by atoms with Gasteiger partial charge in [0, 0.05) is 24.6 Å². The second-order valence-corrected chi connectivity index (χ2v) is 11.7. The second-order valence-electron chi connectivity index (χ2n) is 6.90. The summed E-state index contributed by atoms with van der Waals surface area (Å²) in [6.07, 6.45) is 0.603. The number of nitrogens with zero attached hydrogens (tertiary/aromatic N) is 5. The molecule has 0 saturated heterocycles. The molecule has 2 aromatic heterocycles. The average Bonchev–Trinajstić information content (AvgIpc) is 3.05. The monoisotopic (exact) mass is 359 g/mol. The minimum Gasteiger partial charge on any atom is -0.493 e. The molecule has 0 bridgehead atoms. The summed E-state index contributed by atoms with van der Waals surface area (Å²) in [6.45, 7) is 9.10. The van der Waals surface area contributed by atoms with Gasteiger partial charge in [-0.3, -0.25) is 14.5 Å². The first-order valence-electron chi connectivity index (χ1n) is 8.08. The maximum atomic E-state index is 10.7. The average molecular weight is 359 g/mol. The third-order valence-electron chi connectivity index (χ3n) is 3.77. The zero-order valence-electron chi connectivity index (χ0n) is 14.8. The van der Waals surface area contributed by atoms with E-state index >= 15 is 0 Å². The van der Waals surface area contributed by atoms with Gasteiger partial charge in [-0.2, -0.15) is 10.2 Å². The number of non-ortho nitro benzene ring substituents is 1. The van der Waals surface area contributed by atoms with Gasteiger partial charge in [-0.15, -0.1) is 0 Å². The largest absolute Gasteiger partial charge is 0.493 e. The van der Waals surface area contributed by atoms with Crippen molar-refractivity contribution in [3.05, 3.63) is 52.0 Å². The summed E-state index contributed by atoms with van der Waals surface area (Å²) in [5.41, 5.74) is 2.03. The minimum atomic E-state index is -1.64. The normalized spacial score (nSPS) is 11.8. The molecule has 0 fully saturated rings. The van der Waals surface area contributed by atoms with Crippen molar-refractivity contribution < 1.29 is 9.66 Å². The predicted molar refractivity (Wildman–Crippen MR) is 96.8 cm³/mol. The van der Waals surface area contributed by atoms with Gasteiger partial charge in [0.1, 0.15) is 11.4 Å². The van der Waals surface area contributed by atoms with Crippen LogP contribution in [-0.4, -0.2) is 38.8 Å². The van der Waals surface area contributed by atoms with Crippen molar-refractivity contribution in [1.29, 1.82) is 0 Å². The van der Waals surface area contributed by atoms with Gasteiger partial charge in [0.15, 0.2) is 14.1 Å². The quantitative estimate of drug-likeness (QED) is 0.383. The van der Waals surface area contributed by atoms with Gasteiger partial charge in [0.05, 0.1) is 17.2 Å². The third-order valence-corrected chi connectivity index (χ3v) is 5.37. The van der Waals surface area contributed by atoms with Crippen LogP contribution in [-0.2, 0) is 6.42 Å². The first kappa shape index (κ1) is 17.2. The van der Waals surface area contributed by atoms with Crippen LogP contribution in [0, 0.1) is 17.0 Å². The fraction of sp³-hybridized carbons (Fsp3) is 0.375. The molecule has 0 aliphatic rings. The Labute approximate surface area is 146 Å². The van der Waals surface area contributed by atoms with Crippen LogP contribution < -0.4 is 4.74 Å². The van der Waals surface area contributed by atoms with E-state index in [0.29, 0.717) is 18.8 Å². The molecule has 132 valence electrons. The predicted octanol–water partition coefficient (Wildman–Crippen LogP) is 3.05. The Kier molecular flexibility index (Phi) is 4.33. The van der Waals surface area contributed by atoms with E-state index in [1.165, 1.54) is 12.1 Å². The molecule has 0 aliphatic heterocycles. The van der Waals surface area contributed by atoms with Gasteiger partial charge in [0.25, 0.3) is 5.69 Å². The van der Waals surface area contributed by atoms with Crippen LogP contribution in [0.15, 0.2) is 30.3 Å². The lowest BCUT2D eigenvalue weighted by Gasteiger charge is -2.16. The molecule has 0 unspecified atom stereocenters. The molecule has 0 spiro atoms. The van der Waals surface area contributed by atoms with Crippen molar-refractivity contribution in [3.63, 3.8) is 0 Å². The van der Waals surface area contributed by atoms with Crippen molar-refractivity contribution in [2.24, 2.45) is 0 Å². The van der Waals surface area contributed by atoms with Gasteiger partial charge in [-0.25, -0.2) is 4.52 Å². The summed E-state index contributed by atoms with van der Waals surface area (Å²) < 4.78 is 9.68. The molecule has 0 atom stereocenters. The fourth-order valence-electron chi connectivity index (χ4n) is 2.61. The van der Waals surface area contributed by atoms with Crippen LogP contribution in [0.25, 0.3) is 5.65 Å². The van der Waals surface area contributed by atoms with Crippen LogP contribution in [0.1, 0.15) is 11.5 Å². The highest BCUT2D eigenvalue weighted by atomic mass is 28.3. The van der Waals surface area contributed by atoms with Gasteiger partial charge in [-0.05, 0) is 38.7 Å². The van der Waals surface area contributed by atoms with E-state index < -0.39 is 13.2 Å². The number of fused-ring (bicyclic) bond motifs is 1. The number of hydrogen-bond acceptors (Lipinski definition) is 5. The second kappa shape index (κ2) is 6.32. The molecule has 3 rings (SSSR count). The van der Waals surface area contributed by atoms with E-state index in [2.05, 4.69) is 29.1 Å². The summed E-state index contributed by atoms with van der Waals surface area (Å²) in [5, 5.41) is 19.9. The van der Waals surface area contributed by atoms with Crippen LogP contribution >= 0.6 is 0 Å². The van der Waals surface area contributed by atoms with Crippen molar-refractivity contribution in [3.8, 4) is 5.75 Å². The molecular weight excluding hydrogens is 338 g/mol. The number of benzene rings is 1. The molecule has 3 aromatic rings. The summed E-state index contributed by atoms with van der Waals surface area (Å²) >= 11 is 0. The van der Waals surface area contributed by atoms with E-state index in [4.69, 9.17) is 9.84 Å². The van der Waals surface area contributed by atoms with E-state index in [1.54, 1.807) is 12.1 Å². The zero-order chi connectivity index (χ0) is 18.2. The lowest BCUT2D eigenvalue weighted by Crippen LogP contribution is -2.33. The van der Waals surface area contributed by atoms with Crippen LogP contribution in [0.2, 0.25) is 19.6 Å². The Morgan fingerprint density at radius 3 is 2.48 bits per heavy atom. The number of aromatic nitrogens is 4. The molecule has 8 nitrogen and oxygen atoms in total. The van der Waals surface area contributed by atoms with Crippen molar-refractivity contribution >= 4 is 19.6 Å². The Bertz CT molecular complexity index is 908. The molecule has 0 saturated carbocycles. The molecule has 25 heavy (non-hydrogen) atoms. The number of hydrogen-bond donors (Lipinski definition) is 0. The Morgan fingerprint density at radius 2 is 1.88 bits per heavy atom. The summed E-state index contributed by atoms with van der Waals surface area (Å²) in [6, 6.07) is 8.12. The summed E-state index contributed by atoms with van der Waals surface area (Å²) in [4.78, 5) is 10.2. The van der Waals surface area contributed by atoms with E-state index in [-0.39, 0.29) is 5.69 Å². The maximum Gasteiger partial charge on any atom is 0.269 e. The third kappa shape index (κ3) is 3.55. The van der Waals surface area contributed by atoms with Gasteiger partial charge < -0.3 is 4.74 Å². The Balaban J connectivity index is 1.74. The van der Waals surface area contributed by atoms with Crippen LogP contribution in [0.5, 0.6) is 5.75 Å². The molecular formula is C16H21N5O3Si. The maximum absolute atomic E-state index is 10.7. The number of aryl methyl sites for hydroxylation is 1. The molecule has 0 N–H and O–H groups in total. The molecule has 0 amide bonds. The Hall–Kier alpha value is -2.68. The number of ether oxygens (including phenoxy) is 1. The summed E-state index contributed by atoms with van der Waals surface area (Å²) in [7, 11) is -1.64. The molecule has 9 heteroatoms. The summed E-state index contributed by atoms with van der Waals surface area (Å²) in [5.74, 6) is 1.45. The fourth-order valence-corrected chi connectivity index (χ4v) is 3.87. The molecule has 1 aromatic carbocycles. The first-order chi connectivity index (χ1) is 11.8. The lowest BCUT2D eigenvalue weighted by molar-refractivity contribution is -0.384. The molecule has 2 heterocycles. The zero-order valence-corrected chi connectivity index (χ0v) is 15.8. The Morgan fingerprint density at radius 1 is 1.20 bits per heavy atom. The van der Waals surface area contributed by atoms with Crippen LogP contribution in [0.4, 0.5) is 5.69 Å². The van der Waals surface area contributed by atoms with E-state index in [9.17, 15) is 10.1 Å². The van der Waals surface area contributed by atoms with Crippen molar-refractivity contribution in [1.82, 2.24) is 19.1 Å². The molecule has 0 radical (unpaired) electrons. The first-order valence-corrected chi connectivity index (χ1v) is 11.5. The highest BCUT2D eigenvalue weighted by Crippen LogP contribution is 2.18. The van der Waals surface area contributed by atoms with E-state index in [1.807, 2.05) is 17.5 Å². The highest BCUT2D eigenvalue weighted by Gasteiger charge is 2.23. The molecule has 0 aliphatic carbocycles.